The molecule has 3 heterocycles. The number of aromatic nitrogens is 2. The van der Waals surface area contributed by atoms with Crippen LogP contribution >= 0.6 is 22.9 Å². The summed E-state index contributed by atoms with van der Waals surface area (Å²) in [5.41, 5.74) is 0.754. The van der Waals surface area contributed by atoms with E-state index in [2.05, 4.69) is 9.97 Å². The van der Waals surface area contributed by atoms with Gasteiger partial charge < -0.3 is 0 Å². The van der Waals surface area contributed by atoms with Crippen LogP contribution in [0.2, 0.25) is 5.15 Å². The molecule has 0 N–H and O–H groups in total. The zero-order valence-electron chi connectivity index (χ0n) is 9.67. The molecule has 96 valence electrons. The maximum Gasteiger partial charge on any atom is 0.233 e. The topological polar surface area (TPSA) is 63.2 Å². The minimum atomic E-state index is -0.0507. The van der Waals surface area contributed by atoms with E-state index in [0.717, 1.165) is 21.5 Å². The van der Waals surface area contributed by atoms with E-state index in [1.54, 1.807) is 0 Å². The lowest BCUT2D eigenvalue weighted by atomic mass is 10.3. The van der Waals surface area contributed by atoms with E-state index in [0.29, 0.717) is 11.7 Å². The van der Waals surface area contributed by atoms with Gasteiger partial charge in [-0.25, -0.2) is 9.97 Å². The molecule has 1 aliphatic carbocycles. The molecule has 1 saturated heterocycles. The molecule has 2 aliphatic rings. The van der Waals surface area contributed by atoms with Gasteiger partial charge in [-0.1, -0.05) is 11.6 Å². The van der Waals surface area contributed by atoms with Crippen molar-refractivity contribution in [3.63, 3.8) is 0 Å². The van der Waals surface area contributed by atoms with E-state index < -0.39 is 0 Å². The number of hydrogen-bond acceptors (Lipinski definition) is 5. The van der Waals surface area contributed by atoms with E-state index in [-0.39, 0.29) is 23.7 Å². The Balaban J connectivity index is 1.67. The molecule has 2 aromatic heterocycles. The summed E-state index contributed by atoms with van der Waals surface area (Å²) >= 11 is 7.41. The summed E-state index contributed by atoms with van der Waals surface area (Å²) in [6.07, 6.45) is 2.14. The Labute approximate surface area is 117 Å². The second-order valence-electron chi connectivity index (χ2n) is 4.80. The number of imide groups is 1. The van der Waals surface area contributed by atoms with Crippen molar-refractivity contribution < 1.29 is 9.59 Å². The number of amides is 2. The number of fused-ring (bicyclic) bond motifs is 2. The van der Waals surface area contributed by atoms with Crippen molar-refractivity contribution in [1.29, 1.82) is 0 Å². The van der Waals surface area contributed by atoms with Crippen molar-refractivity contribution in [1.82, 2.24) is 14.9 Å². The van der Waals surface area contributed by atoms with Crippen molar-refractivity contribution in [3.05, 3.63) is 22.4 Å². The summed E-state index contributed by atoms with van der Waals surface area (Å²) in [6, 6.07) is 1.86. The van der Waals surface area contributed by atoms with Crippen LogP contribution in [-0.2, 0) is 16.1 Å². The molecule has 0 aromatic carbocycles. The molecule has 5 nitrogen and oxygen atoms in total. The van der Waals surface area contributed by atoms with Gasteiger partial charge in [-0.3, -0.25) is 14.5 Å². The number of nitrogens with zero attached hydrogens (tertiary/aromatic N) is 3. The van der Waals surface area contributed by atoms with Crippen molar-refractivity contribution in [3.8, 4) is 0 Å². The maximum absolute atomic E-state index is 11.9. The Morgan fingerprint density at radius 1 is 1.32 bits per heavy atom. The van der Waals surface area contributed by atoms with Crippen LogP contribution in [0.5, 0.6) is 0 Å². The van der Waals surface area contributed by atoms with Gasteiger partial charge in [-0.15, -0.1) is 11.3 Å². The van der Waals surface area contributed by atoms with Gasteiger partial charge in [0.15, 0.2) is 0 Å². The lowest BCUT2D eigenvalue weighted by Gasteiger charge is -2.14. The molecule has 0 bridgehead atoms. The molecule has 1 saturated carbocycles. The molecule has 7 heteroatoms. The van der Waals surface area contributed by atoms with Crippen LogP contribution < -0.4 is 0 Å². The van der Waals surface area contributed by atoms with Crippen LogP contribution in [0.3, 0.4) is 0 Å². The number of rotatable bonds is 2. The average Bonchev–Trinajstić information content (AvgIpc) is 3.02. The monoisotopic (exact) mass is 293 g/mol. The minimum Gasteiger partial charge on any atom is -0.277 e. The van der Waals surface area contributed by atoms with Crippen molar-refractivity contribution >= 4 is 45.0 Å². The Hall–Kier alpha value is -1.53. The van der Waals surface area contributed by atoms with Crippen molar-refractivity contribution in [2.75, 3.05) is 0 Å². The molecular formula is C12H8ClN3O2S. The Kier molecular flexibility index (Phi) is 2.23. The molecule has 0 radical (unpaired) electrons. The first-order valence-electron chi connectivity index (χ1n) is 5.89. The third kappa shape index (κ3) is 1.60. The van der Waals surface area contributed by atoms with E-state index >= 15 is 0 Å². The Morgan fingerprint density at radius 3 is 2.74 bits per heavy atom. The zero-order valence-corrected chi connectivity index (χ0v) is 11.2. The third-order valence-electron chi connectivity index (χ3n) is 3.59. The maximum atomic E-state index is 11.9. The van der Waals surface area contributed by atoms with E-state index in [1.807, 2.05) is 6.07 Å². The van der Waals surface area contributed by atoms with Crippen LogP contribution in [0.4, 0.5) is 0 Å². The molecule has 4 rings (SSSR count). The first-order chi connectivity index (χ1) is 9.15. The summed E-state index contributed by atoms with van der Waals surface area (Å²) in [5.74, 6) is -0.176. The summed E-state index contributed by atoms with van der Waals surface area (Å²) < 4.78 is 0.795. The first kappa shape index (κ1) is 11.3. The van der Waals surface area contributed by atoms with Crippen LogP contribution in [0.1, 0.15) is 11.3 Å². The molecule has 2 aromatic rings. The Morgan fingerprint density at radius 2 is 2.05 bits per heavy atom. The van der Waals surface area contributed by atoms with Gasteiger partial charge >= 0.3 is 0 Å². The predicted octanol–water partition coefficient (Wildman–Crippen LogP) is 1.85. The quantitative estimate of drug-likeness (QED) is 0.626. The summed E-state index contributed by atoms with van der Waals surface area (Å²) in [7, 11) is 0. The number of likely N-dealkylation sites (tertiary alicyclic amines) is 1. The van der Waals surface area contributed by atoms with E-state index in [4.69, 9.17) is 11.6 Å². The molecule has 0 spiro atoms. The van der Waals surface area contributed by atoms with E-state index in [1.165, 1.54) is 22.6 Å². The highest BCUT2D eigenvalue weighted by Crippen LogP contribution is 2.47. The lowest BCUT2D eigenvalue weighted by molar-refractivity contribution is -0.141. The highest BCUT2D eigenvalue weighted by atomic mass is 35.5. The number of carbonyl (C=O) groups excluding carboxylic acids is 2. The summed E-state index contributed by atoms with van der Waals surface area (Å²) in [6.45, 7) is 0.321. The van der Waals surface area contributed by atoms with E-state index in [9.17, 15) is 9.59 Å². The van der Waals surface area contributed by atoms with Crippen LogP contribution in [0.15, 0.2) is 12.4 Å². The number of piperidine rings is 1. The van der Waals surface area contributed by atoms with Gasteiger partial charge in [-0.05, 0) is 12.5 Å². The van der Waals surface area contributed by atoms with Gasteiger partial charge in [-0.2, -0.15) is 0 Å². The molecule has 19 heavy (non-hydrogen) atoms. The normalized spacial score (nSPS) is 25.2. The van der Waals surface area contributed by atoms with Gasteiger partial charge in [0.05, 0.1) is 28.6 Å². The SMILES string of the molecule is O=C1C2CC2C(=O)N1Cc1cc2ncnc(Cl)c2s1. The number of hydrogen-bond donors (Lipinski definition) is 0. The largest absolute Gasteiger partial charge is 0.277 e. The minimum absolute atomic E-state index is 0.0374. The van der Waals surface area contributed by atoms with Gasteiger partial charge in [0.2, 0.25) is 11.8 Å². The highest BCUT2D eigenvalue weighted by molar-refractivity contribution is 7.19. The molecule has 2 amide bonds. The standard InChI is InChI=1S/C12H8ClN3O2S/c13-10-9-8(14-4-15-10)1-5(19-9)3-16-11(17)6-2-7(6)12(16)18/h1,4,6-7H,2-3H2. The Bertz CT molecular complexity index is 709. The predicted molar refractivity (Wildman–Crippen MR) is 69.6 cm³/mol. The second kappa shape index (κ2) is 3.74. The van der Waals surface area contributed by atoms with Crippen molar-refractivity contribution in [2.24, 2.45) is 11.8 Å². The number of carbonyl (C=O) groups is 2. The molecule has 2 unspecified atom stereocenters. The fraction of sp³-hybridized carbons (Fsp3) is 0.333. The van der Waals surface area contributed by atoms with Crippen LogP contribution in [-0.4, -0.2) is 26.7 Å². The average molecular weight is 294 g/mol. The van der Waals surface area contributed by atoms with Gasteiger partial charge in [0.1, 0.15) is 11.5 Å². The van der Waals surface area contributed by atoms with Crippen LogP contribution in [0, 0.1) is 11.8 Å². The number of thiophene rings is 1. The first-order valence-corrected chi connectivity index (χ1v) is 7.09. The van der Waals surface area contributed by atoms with Crippen molar-refractivity contribution in [2.45, 2.75) is 13.0 Å². The van der Waals surface area contributed by atoms with Gasteiger partial charge in [0.25, 0.3) is 0 Å². The fourth-order valence-electron chi connectivity index (χ4n) is 2.51. The molecular weight excluding hydrogens is 286 g/mol. The summed E-state index contributed by atoms with van der Waals surface area (Å²) in [4.78, 5) is 34.1. The second-order valence-corrected chi connectivity index (χ2v) is 6.30. The molecule has 2 atom stereocenters. The zero-order chi connectivity index (χ0) is 13.1. The third-order valence-corrected chi connectivity index (χ3v) is 5.10. The fourth-order valence-corrected chi connectivity index (χ4v) is 3.75. The molecule has 2 fully saturated rings. The lowest BCUT2D eigenvalue weighted by Crippen LogP contribution is -2.31. The summed E-state index contributed by atoms with van der Waals surface area (Å²) in [5, 5.41) is 0.406. The smallest absolute Gasteiger partial charge is 0.233 e. The highest BCUT2D eigenvalue weighted by Gasteiger charge is 2.58. The van der Waals surface area contributed by atoms with Gasteiger partial charge in [0, 0.05) is 4.88 Å². The number of halogens is 1. The molecule has 1 aliphatic heterocycles. The van der Waals surface area contributed by atoms with Crippen LogP contribution in [0.25, 0.3) is 10.2 Å².